The maximum absolute atomic E-state index is 4.87. The Labute approximate surface area is 167 Å². The Morgan fingerprint density at radius 3 is 2.30 bits per heavy atom. The van der Waals surface area contributed by atoms with E-state index >= 15 is 0 Å². The standard InChI is InChI=1S/C23H20BrN3/c1-17-7-13-21(14-8-17)25-15-19-16-27(22-5-3-2-4-6-22)26-23(19)18-9-11-20(24)12-10-18/h2-14,16,25H,15H2,1H3. The van der Waals surface area contributed by atoms with Gasteiger partial charge < -0.3 is 5.32 Å². The monoisotopic (exact) mass is 417 g/mol. The molecule has 0 saturated heterocycles. The number of anilines is 1. The zero-order valence-corrected chi connectivity index (χ0v) is 16.6. The first-order valence-electron chi connectivity index (χ1n) is 8.89. The fourth-order valence-corrected chi connectivity index (χ4v) is 3.24. The van der Waals surface area contributed by atoms with Gasteiger partial charge in [0.1, 0.15) is 0 Å². The van der Waals surface area contributed by atoms with Crippen LogP contribution in [0.1, 0.15) is 11.1 Å². The van der Waals surface area contributed by atoms with E-state index in [9.17, 15) is 0 Å². The smallest absolute Gasteiger partial charge is 0.0977 e. The second-order valence-corrected chi connectivity index (χ2v) is 7.43. The number of para-hydroxylation sites is 1. The molecule has 0 unspecified atom stereocenters. The van der Waals surface area contributed by atoms with Crippen LogP contribution in [0.15, 0.2) is 89.5 Å². The summed E-state index contributed by atoms with van der Waals surface area (Å²) < 4.78 is 3.01. The van der Waals surface area contributed by atoms with Gasteiger partial charge in [-0.05, 0) is 43.3 Å². The van der Waals surface area contributed by atoms with Crippen LogP contribution in [0.5, 0.6) is 0 Å². The van der Waals surface area contributed by atoms with Crippen molar-refractivity contribution in [3.05, 3.63) is 101 Å². The van der Waals surface area contributed by atoms with E-state index in [1.54, 1.807) is 0 Å². The van der Waals surface area contributed by atoms with Crippen LogP contribution >= 0.6 is 15.9 Å². The number of hydrogen-bond donors (Lipinski definition) is 1. The Kier molecular flexibility index (Phi) is 5.07. The molecule has 0 saturated carbocycles. The van der Waals surface area contributed by atoms with Gasteiger partial charge in [0.2, 0.25) is 0 Å². The van der Waals surface area contributed by atoms with Crippen molar-refractivity contribution in [2.45, 2.75) is 13.5 Å². The molecule has 134 valence electrons. The summed E-state index contributed by atoms with van der Waals surface area (Å²) in [5, 5.41) is 8.38. The van der Waals surface area contributed by atoms with Crippen molar-refractivity contribution in [3.63, 3.8) is 0 Å². The number of nitrogens with zero attached hydrogens (tertiary/aromatic N) is 2. The van der Waals surface area contributed by atoms with E-state index in [1.807, 2.05) is 35.0 Å². The van der Waals surface area contributed by atoms with Gasteiger partial charge in [-0.2, -0.15) is 5.10 Å². The van der Waals surface area contributed by atoms with Gasteiger partial charge in [-0.1, -0.05) is 64.0 Å². The topological polar surface area (TPSA) is 29.9 Å². The average Bonchev–Trinajstić information content (AvgIpc) is 3.13. The molecule has 4 aromatic rings. The van der Waals surface area contributed by atoms with Crippen molar-refractivity contribution >= 4 is 21.6 Å². The molecule has 0 fully saturated rings. The van der Waals surface area contributed by atoms with E-state index in [1.165, 1.54) is 5.56 Å². The number of aromatic nitrogens is 2. The second-order valence-electron chi connectivity index (χ2n) is 6.51. The summed E-state index contributed by atoms with van der Waals surface area (Å²) in [7, 11) is 0. The van der Waals surface area contributed by atoms with E-state index in [0.29, 0.717) is 6.54 Å². The summed E-state index contributed by atoms with van der Waals surface area (Å²) in [4.78, 5) is 0. The van der Waals surface area contributed by atoms with Gasteiger partial charge in [-0.15, -0.1) is 0 Å². The predicted octanol–water partition coefficient (Wildman–Crippen LogP) is 6.22. The highest BCUT2D eigenvalue weighted by molar-refractivity contribution is 9.10. The van der Waals surface area contributed by atoms with Crippen LogP contribution in [0.3, 0.4) is 0 Å². The molecule has 1 aromatic heterocycles. The number of rotatable bonds is 5. The lowest BCUT2D eigenvalue weighted by atomic mass is 10.1. The van der Waals surface area contributed by atoms with Crippen molar-refractivity contribution in [1.29, 1.82) is 0 Å². The van der Waals surface area contributed by atoms with E-state index in [0.717, 1.165) is 32.7 Å². The van der Waals surface area contributed by atoms with E-state index in [-0.39, 0.29) is 0 Å². The van der Waals surface area contributed by atoms with Crippen molar-refractivity contribution in [1.82, 2.24) is 9.78 Å². The molecular weight excluding hydrogens is 398 g/mol. The predicted molar refractivity (Wildman–Crippen MR) is 115 cm³/mol. The molecule has 0 radical (unpaired) electrons. The first-order valence-corrected chi connectivity index (χ1v) is 9.69. The first kappa shape index (κ1) is 17.6. The largest absolute Gasteiger partial charge is 0.381 e. The zero-order chi connectivity index (χ0) is 18.6. The molecule has 3 nitrogen and oxygen atoms in total. The second kappa shape index (κ2) is 7.80. The fourth-order valence-electron chi connectivity index (χ4n) is 2.97. The molecule has 27 heavy (non-hydrogen) atoms. The van der Waals surface area contributed by atoms with Crippen molar-refractivity contribution < 1.29 is 0 Å². The Morgan fingerprint density at radius 2 is 1.59 bits per heavy atom. The van der Waals surface area contributed by atoms with Crippen LogP contribution in [0, 0.1) is 6.92 Å². The molecule has 0 aliphatic rings. The Hall–Kier alpha value is -2.85. The van der Waals surface area contributed by atoms with Crippen LogP contribution in [0.4, 0.5) is 5.69 Å². The molecule has 1 heterocycles. The molecule has 0 aliphatic carbocycles. The summed E-state index contributed by atoms with van der Waals surface area (Å²) in [6, 6.07) is 26.9. The highest BCUT2D eigenvalue weighted by atomic mass is 79.9. The molecule has 4 rings (SSSR count). The third-order valence-electron chi connectivity index (χ3n) is 4.46. The summed E-state index contributed by atoms with van der Waals surface area (Å²) in [5.74, 6) is 0. The summed E-state index contributed by atoms with van der Waals surface area (Å²) >= 11 is 3.51. The van der Waals surface area contributed by atoms with Gasteiger partial charge in [0.15, 0.2) is 0 Å². The molecule has 1 N–H and O–H groups in total. The Morgan fingerprint density at radius 1 is 0.889 bits per heavy atom. The third kappa shape index (κ3) is 4.12. The molecular formula is C23H20BrN3. The van der Waals surface area contributed by atoms with E-state index in [4.69, 9.17) is 5.10 Å². The van der Waals surface area contributed by atoms with Gasteiger partial charge in [-0.25, -0.2) is 4.68 Å². The van der Waals surface area contributed by atoms with Crippen LogP contribution < -0.4 is 5.32 Å². The van der Waals surface area contributed by atoms with Gasteiger partial charge in [-0.3, -0.25) is 0 Å². The number of halogens is 1. The van der Waals surface area contributed by atoms with Crippen LogP contribution in [-0.2, 0) is 6.54 Å². The van der Waals surface area contributed by atoms with Crippen LogP contribution in [0.2, 0.25) is 0 Å². The minimum atomic E-state index is 0.710. The van der Waals surface area contributed by atoms with Crippen molar-refractivity contribution in [2.24, 2.45) is 0 Å². The minimum absolute atomic E-state index is 0.710. The van der Waals surface area contributed by atoms with Gasteiger partial charge >= 0.3 is 0 Å². The van der Waals surface area contributed by atoms with Gasteiger partial charge in [0, 0.05) is 34.0 Å². The third-order valence-corrected chi connectivity index (χ3v) is 4.99. The molecule has 4 heteroatoms. The average molecular weight is 418 g/mol. The SMILES string of the molecule is Cc1ccc(NCc2cn(-c3ccccc3)nc2-c2ccc(Br)cc2)cc1. The quantitative estimate of drug-likeness (QED) is 0.417. The molecule has 0 spiro atoms. The Balaban J connectivity index is 1.68. The van der Waals surface area contributed by atoms with Crippen molar-refractivity contribution in [2.75, 3.05) is 5.32 Å². The molecule has 0 aliphatic heterocycles. The lowest BCUT2D eigenvalue weighted by Crippen LogP contribution is -1.99. The fraction of sp³-hybridized carbons (Fsp3) is 0.0870. The van der Waals surface area contributed by atoms with Crippen LogP contribution in [-0.4, -0.2) is 9.78 Å². The number of benzene rings is 3. The number of aryl methyl sites for hydroxylation is 1. The lowest BCUT2D eigenvalue weighted by Gasteiger charge is -2.07. The van der Waals surface area contributed by atoms with Gasteiger partial charge in [0.25, 0.3) is 0 Å². The van der Waals surface area contributed by atoms with E-state index < -0.39 is 0 Å². The molecule has 3 aromatic carbocycles. The summed E-state index contributed by atoms with van der Waals surface area (Å²) in [6.45, 7) is 2.81. The zero-order valence-electron chi connectivity index (χ0n) is 15.1. The summed E-state index contributed by atoms with van der Waals surface area (Å²) in [6.07, 6.45) is 2.11. The highest BCUT2D eigenvalue weighted by Gasteiger charge is 2.12. The molecule has 0 amide bonds. The summed E-state index contributed by atoms with van der Waals surface area (Å²) in [5.41, 5.74) is 6.67. The minimum Gasteiger partial charge on any atom is -0.381 e. The number of hydrogen-bond acceptors (Lipinski definition) is 2. The first-order chi connectivity index (χ1) is 13.2. The normalized spacial score (nSPS) is 10.7. The van der Waals surface area contributed by atoms with Gasteiger partial charge in [0.05, 0.1) is 11.4 Å². The highest BCUT2D eigenvalue weighted by Crippen LogP contribution is 2.26. The Bertz CT molecular complexity index is 1020. The van der Waals surface area contributed by atoms with Crippen LogP contribution in [0.25, 0.3) is 16.9 Å². The lowest BCUT2D eigenvalue weighted by molar-refractivity contribution is 0.883. The maximum atomic E-state index is 4.87. The maximum Gasteiger partial charge on any atom is 0.0977 e. The number of nitrogens with one attached hydrogen (secondary N) is 1. The van der Waals surface area contributed by atoms with Crippen molar-refractivity contribution in [3.8, 4) is 16.9 Å². The molecule has 0 bridgehead atoms. The molecule has 0 atom stereocenters. The van der Waals surface area contributed by atoms with E-state index in [2.05, 4.69) is 82.9 Å².